The summed E-state index contributed by atoms with van der Waals surface area (Å²) in [6.45, 7) is 0. The van der Waals surface area contributed by atoms with Crippen LogP contribution in [-0.2, 0) is 11.8 Å². The Labute approximate surface area is 103 Å². The van der Waals surface area contributed by atoms with Crippen molar-refractivity contribution in [3.05, 3.63) is 16.4 Å². The second-order valence-corrected chi connectivity index (χ2v) is 5.16. The topological polar surface area (TPSA) is 44.1 Å². The molecular formula is C11H15BrN2O2. The molecule has 1 heterocycles. The normalized spacial score (nSPS) is 18.2. The number of aryl methyl sites for hydroxylation is 1. The van der Waals surface area contributed by atoms with Gasteiger partial charge in [-0.25, -0.2) is 0 Å². The zero-order chi connectivity index (χ0) is 11.8. The largest absolute Gasteiger partial charge is 0.378 e. The molecule has 0 atom stereocenters. The van der Waals surface area contributed by atoms with Gasteiger partial charge in [-0.3, -0.25) is 9.48 Å². The van der Waals surface area contributed by atoms with E-state index in [9.17, 15) is 4.79 Å². The highest BCUT2D eigenvalue weighted by Crippen LogP contribution is 2.39. The van der Waals surface area contributed by atoms with Crippen LogP contribution in [-0.4, -0.2) is 28.3 Å². The Bertz CT molecular complexity index is 385. The summed E-state index contributed by atoms with van der Waals surface area (Å²) < 4.78 is 7.82. The Morgan fingerprint density at radius 3 is 2.75 bits per heavy atom. The molecule has 0 aliphatic heterocycles. The van der Waals surface area contributed by atoms with Gasteiger partial charge in [0.1, 0.15) is 5.69 Å². The molecule has 0 saturated heterocycles. The van der Waals surface area contributed by atoms with E-state index in [-0.39, 0.29) is 11.4 Å². The number of ether oxygens (including phenoxy) is 1. The third-order valence-corrected chi connectivity index (χ3v) is 3.92. The van der Waals surface area contributed by atoms with Crippen LogP contribution in [0.1, 0.15) is 36.2 Å². The van der Waals surface area contributed by atoms with Gasteiger partial charge in [0.25, 0.3) is 0 Å². The van der Waals surface area contributed by atoms with Crippen molar-refractivity contribution < 1.29 is 9.53 Å². The minimum atomic E-state index is -0.221. The Balaban J connectivity index is 2.14. The van der Waals surface area contributed by atoms with Crippen LogP contribution in [0.4, 0.5) is 0 Å². The lowest BCUT2D eigenvalue weighted by Gasteiger charge is -2.39. The van der Waals surface area contributed by atoms with Gasteiger partial charge in [-0.2, -0.15) is 5.10 Å². The van der Waals surface area contributed by atoms with Gasteiger partial charge in [0.15, 0.2) is 5.78 Å². The fraction of sp³-hybridized carbons (Fsp3) is 0.636. The maximum atomic E-state index is 12.1. The van der Waals surface area contributed by atoms with E-state index in [1.165, 1.54) is 0 Å². The molecule has 16 heavy (non-hydrogen) atoms. The summed E-state index contributed by atoms with van der Waals surface area (Å²) in [5, 5.41) is 4.05. The molecule has 5 heteroatoms. The van der Waals surface area contributed by atoms with Crippen LogP contribution in [0.25, 0.3) is 0 Å². The smallest absolute Gasteiger partial charge is 0.184 e. The van der Waals surface area contributed by atoms with Crippen molar-refractivity contribution in [2.45, 2.75) is 31.3 Å². The molecule has 1 saturated carbocycles. The van der Waals surface area contributed by atoms with Gasteiger partial charge < -0.3 is 4.74 Å². The minimum Gasteiger partial charge on any atom is -0.378 e. The predicted molar refractivity (Wildman–Crippen MR) is 63.4 cm³/mol. The van der Waals surface area contributed by atoms with E-state index in [0.717, 1.165) is 23.7 Å². The zero-order valence-electron chi connectivity index (χ0n) is 9.49. The molecular weight excluding hydrogens is 272 g/mol. The monoisotopic (exact) mass is 286 g/mol. The molecule has 1 aromatic rings. The summed E-state index contributed by atoms with van der Waals surface area (Å²) in [5.74, 6) is 0.0911. The van der Waals surface area contributed by atoms with Crippen molar-refractivity contribution in [3.63, 3.8) is 0 Å². The van der Waals surface area contributed by atoms with E-state index in [1.807, 2.05) is 0 Å². The van der Waals surface area contributed by atoms with Gasteiger partial charge >= 0.3 is 0 Å². The van der Waals surface area contributed by atoms with E-state index >= 15 is 0 Å². The molecule has 0 bridgehead atoms. The highest BCUT2D eigenvalue weighted by molar-refractivity contribution is 9.10. The SMILES string of the molecule is COC1(CC(=O)c2c(Br)cnn2C)CCC1. The number of hydrogen-bond donors (Lipinski definition) is 0. The first-order valence-corrected chi connectivity index (χ1v) is 6.13. The summed E-state index contributed by atoms with van der Waals surface area (Å²) in [5.41, 5.74) is 0.407. The Morgan fingerprint density at radius 1 is 1.69 bits per heavy atom. The Kier molecular flexibility index (Phi) is 3.17. The minimum absolute atomic E-state index is 0.0911. The molecule has 0 unspecified atom stereocenters. The van der Waals surface area contributed by atoms with Crippen LogP contribution in [0.5, 0.6) is 0 Å². The number of carbonyl (C=O) groups is 1. The summed E-state index contributed by atoms with van der Waals surface area (Å²) in [7, 11) is 3.46. The Hall–Kier alpha value is -0.680. The van der Waals surface area contributed by atoms with Crippen LogP contribution in [0.2, 0.25) is 0 Å². The quantitative estimate of drug-likeness (QED) is 0.798. The van der Waals surface area contributed by atoms with Crippen LogP contribution in [0.3, 0.4) is 0 Å². The van der Waals surface area contributed by atoms with E-state index in [0.29, 0.717) is 12.1 Å². The van der Waals surface area contributed by atoms with Crippen LogP contribution >= 0.6 is 15.9 Å². The lowest BCUT2D eigenvalue weighted by molar-refractivity contribution is -0.0706. The molecule has 1 aliphatic carbocycles. The fourth-order valence-electron chi connectivity index (χ4n) is 2.12. The number of halogens is 1. The summed E-state index contributed by atoms with van der Waals surface area (Å²) in [6, 6.07) is 0. The molecule has 1 fully saturated rings. The van der Waals surface area contributed by atoms with Crippen molar-refractivity contribution in [3.8, 4) is 0 Å². The highest BCUT2D eigenvalue weighted by atomic mass is 79.9. The van der Waals surface area contributed by atoms with Crippen LogP contribution < -0.4 is 0 Å². The van der Waals surface area contributed by atoms with E-state index in [2.05, 4.69) is 21.0 Å². The van der Waals surface area contributed by atoms with Gasteiger partial charge in [-0.05, 0) is 35.2 Å². The highest BCUT2D eigenvalue weighted by Gasteiger charge is 2.39. The average Bonchev–Trinajstić information content (AvgIpc) is 2.52. The predicted octanol–water partition coefficient (Wildman–Crippen LogP) is 2.32. The third-order valence-electron chi connectivity index (χ3n) is 3.34. The number of aromatic nitrogens is 2. The van der Waals surface area contributed by atoms with Gasteiger partial charge in [0, 0.05) is 20.6 Å². The first-order valence-electron chi connectivity index (χ1n) is 5.34. The van der Waals surface area contributed by atoms with Gasteiger partial charge in [-0.1, -0.05) is 0 Å². The molecule has 1 aliphatic rings. The molecule has 4 nitrogen and oxygen atoms in total. The van der Waals surface area contributed by atoms with Crippen molar-refractivity contribution in [1.29, 1.82) is 0 Å². The maximum Gasteiger partial charge on any atom is 0.184 e. The molecule has 0 spiro atoms. The number of hydrogen-bond acceptors (Lipinski definition) is 3. The first kappa shape index (κ1) is 11.8. The fourth-order valence-corrected chi connectivity index (χ4v) is 2.69. The molecule has 88 valence electrons. The third kappa shape index (κ3) is 1.94. The zero-order valence-corrected chi connectivity index (χ0v) is 11.1. The Morgan fingerprint density at radius 2 is 2.38 bits per heavy atom. The lowest BCUT2D eigenvalue weighted by atomic mass is 9.76. The van der Waals surface area contributed by atoms with Crippen molar-refractivity contribution in [2.24, 2.45) is 7.05 Å². The number of Topliss-reactive ketones (excluding diaryl/α,β-unsaturated/α-hetero) is 1. The van der Waals surface area contributed by atoms with Gasteiger partial charge in [0.2, 0.25) is 0 Å². The van der Waals surface area contributed by atoms with Gasteiger partial charge in [-0.15, -0.1) is 0 Å². The second kappa shape index (κ2) is 4.30. The lowest BCUT2D eigenvalue weighted by Crippen LogP contribution is -2.41. The number of rotatable bonds is 4. The molecule has 0 radical (unpaired) electrons. The summed E-state index contributed by atoms with van der Waals surface area (Å²) >= 11 is 3.34. The number of methoxy groups -OCH3 is 1. The molecule has 0 N–H and O–H groups in total. The molecule has 1 aromatic heterocycles. The molecule has 0 amide bonds. The summed E-state index contributed by atoms with van der Waals surface area (Å²) in [6.07, 6.45) is 5.19. The van der Waals surface area contributed by atoms with Crippen molar-refractivity contribution in [1.82, 2.24) is 9.78 Å². The molecule has 0 aromatic carbocycles. The first-order chi connectivity index (χ1) is 7.58. The standard InChI is InChI=1S/C11H15BrN2O2/c1-14-10(8(12)7-13-14)9(15)6-11(16-2)4-3-5-11/h7H,3-6H2,1-2H3. The number of carbonyl (C=O) groups excluding carboxylic acids is 1. The molecule has 2 rings (SSSR count). The van der Waals surface area contributed by atoms with Crippen LogP contribution in [0, 0.1) is 0 Å². The maximum absolute atomic E-state index is 12.1. The number of ketones is 1. The van der Waals surface area contributed by atoms with E-state index in [1.54, 1.807) is 25.0 Å². The van der Waals surface area contributed by atoms with Crippen LogP contribution in [0.15, 0.2) is 10.7 Å². The number of nitrogens with zero attached hydrogens (tertiary/aromatic N) is 2. The summed E-state index contributed by atoms with van der Waals surface area (Å²) in [4.78, 5) is 12.1. The average molecular weight is 287 g/mol. The van der Waals surface area contributed by atoms with E-state index in [4.69, 9.17) is 4.74 Å². The van der Waals surface area contributed by atoms with Crippen molar-refractivity contribution >= 4 is 21.7 Å². The van der Waals surface area contributed by atoms with E-state index < -0.39 is 0 Å². The second-order valence-electron chi connectivity index (χ2n) is 4.31. The van der Waals surface area contributed by atoms with Gasteiger partial charge in [0.05, 0.1) is 16.3 Å². The van der Waals surface area contributed by atoms with Crippen molar-refractivity contribution in [2.75, 3.05) is 7.11 Å².